The molecule has 6 heteroatoms. The van der Waals surface area contributed by atoms with E-state index in [4.69, 9.17) is 21.7 Å². The number of thioether (sulfide) groups is 1. The maximum atomic E-state index is 12.8. The molecule has 1 aliphatic heterocycles. The summed E-state index contributed by atoms with van der Waals surface area (Å²) in [6.07, 6.45) is 2.82. The molecule has 2 aromatic carbocycles. The zero-order valence-electron chi connectivity index (χ0n) is 14.6. The number of benzene rings is 2. The van der Waals surface area contributed by atoms with E-state index < -0.39 is 0 Å². The molecule has 0 saturated carbocycles. The lowest BCUT2D eigenvalue weighted by Crippen LogP contribution is -2.27. The summed E-state index contributed by atoms with van der Waals surface area (Å²) in [6, 6.07) is 15.0. The molecule has 0 atom stereocenters. The van der Waals surface area contributed by atoms with Crippen molar-refractivity contribution >= 4 is 46.0 Å². The molecular weight excluding hydrogens is 366 g/mol. The number of carbonyl (C=O) groups excluding carboxylic acids is 1. The van der Waals surface area contributed by atoms with Gasteiger partial charge in [-0.15, -0.1) is 0 Å². The number of amides is 1. The molecule has 134 valence electrons. The molecule has 0 unspecified atom stereocenters. The highest BCUT2D eigenvalue weighted by Gasteiger charge is 2.33. The minimum absolute atomic E-state index is 0.114. The molecule has 0 bridgehead atoms. The van der Waals surface area contributed by atoms with Crippen molar-refractivity contribution in [3.8, 4) is 11.5 Å². The van der Waals surface area contributed by atoms with Crippen molar-refractivity contribution in [2.45, 2.75) is 13.3 Å². The van der Waals surface area contributed by atoms with Crippen molar-refractivity contribution in [2.75, 3.05) is 18.6 Å². The van der Waals surface area contributed by atoms with Gasteiger partial charge in [0.15, 0.2) is 4.32 Å². The molecule has 0 aliphatic carbocycles. The van der Waals surface area contributed by atoms with Crippen LogP contribution in [-0.2, 0) is 4.79 Å². The first-order chi connectivity index (χ1) is 12.6. The van der Waals surface area contributed by atoms with Crippen LogP contribution < -0.4 is 14.4 Å². The number of hydrogen-bond acceptors (Lipinski definition) is 5. The topological polar surface area (TPSA) is 38.8 Å². The van der Waals surface area contributed by atoms with Crippen LogP contribution in [0.5, 0.6) is 11.5 Å². The molecule has 26 heavy (non-hydrogen) atoms. The van der Waals surface area contributed by atoms with E-state index in [1.54, 1.807) is 12.0 Å². The van der Waals surface area contributed by atoms with Gasteiger partial charge in [-0.05, 0) is 54.5 Å². The minimum atomic E-state index is -0.114. The van der Waals surface area contributed by atoms with E-state index in [1.165, 1.54) is 11.8 Å². The smallest absolute Gasteiger partial charge is 0.270 e. The van der Waals surface area contributed by atoms with Crippen molar-refractivity contribution in [1.82, 2.24) is 0 Å². The Labute approximate surface area is 162 Å². The summed E-state index contributed by atoms with van der Waals surface area (Å²) in [4.78, 5) is 14.9. The molecule has 4 nitrogen and oxygen atoms in total. The van der Waals surface area contributed by atoms with Crippen LogP contribution in [0, 0.1) is 0 Å². The third-order valence-corrected chi connectivity index (χ3v) is 5.08. The highest BCUT2D eigenvalue weighted by Crippen LogP contribution is 2.36. The largest absolute Gasteiger partial charge is 0.497 e. The maximum absolute atomic E-state index is 12.8. The monoisotopic (exact) mass is 385 g/mol. The van der Waals surface area contributed by atoms with E-state index in [0.717, 1.165) is 29.2 Å². The zero-order chi connectivity index (χ0) is 18.5. The molecule has 3 rings (SSSR count). The molecule has 1 aliphatic rings. The van der Waals surface area contributed by atoms with Gasteiger partial charge in [0.2, 0.25) is 0 Å². The van der Waals surface area contributed by atoms with E-state index >= 15 is 0 Å². The van der Waals surface area contributed by atoms with Gasteiger partial charge in [-0.3, -0.25) is 9.69 Å². The molecule has 0 aromatic heterocycles. The Hall–Kier alpha value is -2.31. The second-order valence-electron chi connectivity index (χ2n) is 5.63. The Morgan fingerprint density at radius 2 is 1.73 bits per heavy atom. The molecule has 1 amide bonds. The summed E-state index contributed by atoms with van der Waals surface area (Å²) >= 11 is 6.70. The number of hydrogen-bond donors (Lipinski definition) is 0. The van der Waals surface area contributed by atoms with Gasteiger partial charge in [0.25, 0.3) is 5.91 Å². The van der Waals surface area contributed by atoms with Crippen molar-refractivity contribution < 1.29 is 14.3 Å². The first kappa shape index (κ1) is 18.5. The van der Waals surface area contributed by atoms with Crippen molar-refractivity contribution in [3.63, 3.8) is 0 Å². The normalized spacial score (nSPS) is 15.6. The highest BCUT2D eigenvalue weighted by molar-refractivity contribution is 8.27. The van der Waals surface area contributed by atoms with Crippen LogP contribution in [0.2, 0.25) is 0 Å². The fourth-order valence-corrected chi connectivity index (χ4v) is 3.75. The average Bonchev–Trinajstić information content (AvgIpc) is 2.94. The van der Waals surface area contributed by atoms with Crippen LogP contribution in [-0.4, -0.2) is 23.9 Å². The Balaban J connectivity index is 1.78. The van der Waals surface area contributed by atoms with Gasteiger partial charge >= 0.3 is 0 Å². The third kappa shape index (κ3) is 4.08. The fourth-order valence-electron chi connectivity index (χ4n) is 2.45. The number of rotatable bonds is 6. The summed E-state index contributed by atoms with van der Waals surface area (Å²) in [5, 5.41) is 0. The lowest BCUT2D eigenvalue weighted by molar-refractivity contribution is -0.113. The minimum Gasteiger partial charge on any atom is -0.497 e. The average molecular weight is 386 g/mol. The quantitative estimate of drug-likeness (QED) is 0.523. The van der Waals surface area contributed by atoms with Gasteiger partial charge in [-0.2, -0.15) is 0 Å². The van der Waals surface area contributed by atoms with Crippen LogP contribution >= 0.6 is 24.0 Å². The maximum Gasteiger partial charge on any atom is 0.270 e. The van der Waals surface area contributed by atoms with Crippen LogP contribution in [0.1, 0.15) is 18.9 Å². The van der Waals surface area contributed by atoms with Crippen LogP contribution in [0.15, 0.2) is 53.4 Å². The predicted molar refractivity (Wildman–Crippen MR) is 111 cm³/mol. The molecular formula is C20H19NO3S2. The van der Waals surface area contributed by atoms with Gasteiger partial charge in [0, 0.05) is 0 Å². The molecule has 0 N–H and O–H groups in total. The van der Waals surface area contributed by atoms with E-state index in [0.29, 0.717) is 15.8 Å². The summed E-state index contributed by atoms with van der Waals surface area (Å²) in [6.45, 7) is 2.76. The molecule has 0 radical (unpaired) electrons. The van der Waals surface area contributed by atoms with Gasteiger partial charge in [0.05, 0.1) is 24.3 Å². The molecule has 1 saturated heterocycles. The Bertz CT molecular complexity index is 829. The molecule has 2 aromatic rings. The Morgan fingerprint density at radius 3 is 2.35 bits per heavy atom. The van der Waals surface area contributed by atoms with Gasteiger partial charge in [-0.25, -0.2) is 0 Å². The number of carbonyl (C=O) groups is 1. The van der Waals surface area contributed by atoms with Gasteiger partial charge in [-0.1, -0.05) is 43.0 Å². The molecule has 1 heterocycles. The van der Waals surface area contributed by atoms with E-state index in [9.17, 15) is 4.79 Å². The summed E-state index contributed by atoms with van der Waals surface area (Å²) in [5.74, 6) is 1.45. The summed E-state index contributed by atoms with van der Waals surface area (Å²) in [7, 11) is 1.61. The second-order valence-corrected chi connectivity index (χ2v) is 7.31. The molecule has 0 spiro atoms. The number of ether oxygens (including phenoxy) is 2. The predicted octanol–water partition coefficient (Wildman–Crippen LogP) is 4.89. The van der Waals surface area contributed by atoms with Crippen molar-refractivity contribution in [1.29, 1.82) is 0 Å². The SMILES string of the molecule is CCCOc1ccc(/C=C2/SC(=S)N(c3ccc(OC)cc3)C2=O)cc1. The first-order valence-corrected chi connectivity index (χ1v) is 9.49. The van der Waals surface area contributed by atoms with Crippen LogP contribution in [0.4, 0.5) is 5.69 Å². The van der Waals surface area contributed by atoms with E-state index in [-0.39, 0.29) is 5.91 Å². The number of anilines is 1. The second kappa shape index (κ2) is 8.38. The zero-order valence-corrected chi connectivity index (χ0v) is 16.2. The van der Waals surface area contributed by atoms with Gasteiger partial charge < -0.3 is 9.47 Å². The highest BCUT2D eigenvalue weighted by atomic mass is 32.2. The van der Waals surface area contributed by atoms with Crippen molar-refractivity contribution in [2.24, 2.45) is 0 Å². The van der Waals surface area contributed by atoms with Gasteiger partial charge in [0.1, 0.15) is 11.5 Å². The lowest BCUT2D eigenvalue weighted by atomic mass is 10.2. The Kier molecular flexibility index (Phi) is 5.96. The van der Waals surface area contributed by atoms with Crippen molar-refractivity contribution in [3.05, 3.63) is 59.0 Å². The lowest BCUT2D eigenvalue weighted by Gasteiger charge is -2.14. The standard InChI is InChI=1S/C20H19NO3S2/c1-3-12-24-17-8-4-14(5-9-17)13-18-19(22)21(20(25)26-18)15-6-10-16(23-2)11-7-15/h4-11,13H,3,12H2,1-2H3/b18-13+. The fraction of sp³-hybridized carbons (Fsp3) is 0.200. The van der Waals surface area contributed by atoms with Crippen LogP contribution in [0.3, 0.4) is 0 Å². The number of nitrogens with zero attached hydrogens (tertiary/aromatic N) is 1. The molecule has 1 fully saturated rings. The Morgan fingerprint density at radius 1 is 1.08 bits per heavy atom. The number of thiocarbonyl (C=S) groups is 1. The van der Waals surface area contributed by atoms with Crippen LogP contribution in [0.25, 0.3) is 6.08 Å². The third-order valence-electron chi connectivity index (χ3n) is 3.78. The summed E-state index contributed by atoms with van der Waals surface area (Å²) in [5.41, 5.74) is 1.67. The number of methoxy groups -OCH3 is 1. The van der Waals surface area contributed by atoms with E-state index in [1.807, 2.05) is 54.6 Å². The first-order valence-electron chi connectivity index (χ1n) is 8.27. The summed E-state index contributed by atoms with van der Waals surface area (Å²) < 4.78 is 11.3. The van der Waals surface area contributed by atoms with E-state index in [2.05, 4.69) is 6.92 Å².